The summed E-state index contributed by atoms with van der Waals surface area (Å²) in [4.78, 5) is 18.1. The number of hydrogen-bond donors (Lipinski definition) is 1. The molecule has 2 heterocycles. The maximum atomic E-state index is 13.2. The van der Waals surface area contributed by atoms with Crippen LogP contribution in [0, 0.1) is 5.82 Å². The fourth-order valence-corrected chi connectivity index (χ4v) is 2.63. The molecule has 0 bridgehead atoms. The Labute approximate surface area is 112 Å². The lowest BCUT2D eigenvalue weighted by molar-refractivity contribution is 0.0727. The number of nitrogens with one attached hydrogen (secondary N) is 1. The quantitative estimate of drug-likeness (QED) is 0.897. The van der Waals surface area contributed by atoms with Crippen molar-refractivity contribution in [2.45, 2.75) is 37.8 Å². The molecule has 19 heavy (non-hydrogen) atoms. The standard InChI is InChI=1S/C14H18FN3O/c15-11-6-10(7-16-8-11)14(19)18(13-3-4-13)9-12-2-1-5-17-12/h6-8,12-13,17H,1-5,9H2/t12-/m1/s1. The number of hydrogen-bond acceptors (Lipinski definition) is 3. The lowest BCUT2D eigenvalue weighted by Gasteiger charge is -2.25. The van der Waals surface area contributed by atoms with Gasteiger partial charge in [-0.1, -0.05) is 0 Å². The minimum Gasteiger partial charge on any atom is -0.334 e. The Bertz CT molecular complexity index is 470. The zero-order valence-corrected chi connectivity index (χ0v) is 10.8. The number of halogens is 1. The van der Waals surface area contributed by atoms with Gasteiger partial charge in [-0.2, -0.15) is 0 Å². The van der Waals surface area contributed by atoms with E-state index < -0.39 is 5.82 Å². The highest BCUT2D eigenvalue weighted by Gasteiger charge is 2.35. The van der Waals surface area contributed by atoms with Crippen LogP contribution >= 0.6 is 0 Å². The predicted molar refractivity (Wildman–Crippen MR) is 69.3 cm³/mol. The molecule has 1 saturated heterocycles. The molecule has 0 unspecified atom stereocenters. The first kappa shape index (κ1) is 12.5. The lowest BCUT2D eigenvalue weighted by atomic mass is 10.2. The van der Waals surface area contributed by atoms with Crippen LogP contribution in [0.4, 0.5) is 4.39 Å². The summed E-state index contributed by atoms with van der Waals surface area (Å²) < 4.78 is 13.2. The van der Waals surface area contributed by atoms with Crippen molar-refractivity contribution < 1.29 is 9.18 Å². The van der Waals surface area contributed by atoms with E-state index in [0.717, 1.165) is 38.5 Å². The van der Waals surface area contributed by atoms with Gasteiger partial charge in [-0.25, -0.2) is 4.39 Å². The van der Waals surface area contributed by atoms with E-state index in [0.29, 0.717) is 17.6 Å². The van der Waals surface area contributed by atoms with Crippen LogP contribution in [-0.2, 0) is 0 Å². The van der Waals surface area contributed by atoms with Gasteiger partial charge in [0.05, 0.1) is 11.8 Å². The fraction of sp³-hybridized carbons (Fsp3) is 0.571. The Morgan fingerprint density at radius 1 is 1.42 bits per heavy atom. The van der Waals surface area contributed by atoms with Crippen molar-refractivity contribution in [3.05, 3.63) is 29.8 Å². The Morgan fingerprint density at radius 3 is 2.89 bits per heavy atom. The maximum absolute atomic E-state index is 13.2. The molecule has 0 spiro atoms. The van der Waals surface area contributed by atoms with Gasteiger partial charge in [-0.15, -0.1) is 0 Å². The van der Waals surface area contributed by atoms with Gasteiger partial charge in [0.2, 0.25) is 0 Å². The zero-order valence-electron chi connectivity index (χ0n) is 10.8. The SMILES string of the molecule is O=C(c1cncc(F)c1)N(C[C@H]1CCCN1)C1CC1. The van der Waals surface area contributed by atoms with Crippen LogP contribution in [0.3, 0.4) is 0 Å². The number of amides is 1. The molecule has 1 aliphatic heterocycles. The smallest absolute Gasteiger partial charge is 0.255 e. The summed E-state index contributed by atoms with van der Waals surface area (Å²) in [6.45, 7) is 1.75. The van der Waals surface area contributed by atoms with Crippen molar-refractivity contribution >= 4 is 5.91 Å². The second kappa shape index (κ2) is 5.25. The molecule has 1 aromatic rings. The van der Waals surface area contributed by atoms with E-state index in [1.54, 1.807) is 0 Å². The fourth-order valence-electron chi connectivity index (χ4n) is 2.63. The number of aromatic nitrogens is 1. The van der Waals surface area contributed by atoms with Gasteiger partial charge >= 0.3 is 0 Å². The Hall–Kier alpha value is -1.49. The molecule has 1 aromatic heterocycles. The normalized spacial score (nSPS) is 22.5. The molecular weight excluding hydrogens is 245 g/mol. The lowest BCUT2D eigenvalue weighted by Crippen LogP contribution is -2.42. The molecule has 2 aliphatic rings. The van der Waals surface area contributed by atoms with E-state index >= 15 is 0 Å². The van der Waals surface area contributed by atoms with E-state index in [-0.39, 0.29) is 5.91 Å². The summed E-state index contributed by atoms with van der Waals surface area (Å²) in [7, 11) is 0. The average molecular weight is 263 g/mol. The van der Waals surface area contributed by atoms with Gasteiger partial charge in [-0.3, -0.25) is 9.78 Å². The average Bonchev–Trinajstić information content (AvgIpc) is 3.12. The first-order chi connectivity index (χ1) is 9.24. The molecule has 3 rings (SSSR count). The topological polar surface area (TPSA) is 45.2 Å². The Morgan fingerprint density at radius 2 is 2.26 bits per heavy atom. The monoisotopic (exact) mass is 263 g/mol. The molecule has 5 heteroatoms. The van der Waals surface area contributed by atoms with Crippen LogP contribution in [-0.4, -0.2) is 41.0 Å². The molecule has 0 aromatic carbocycles. The number of carbonyl (C=O) groups is 1. The van der Waals surface area contributed by atoms with Crippen LogP contribution in [0.1, 0.15) is 36.0 Å². The van der Waals surface area contributed by atoms with Crippen molar-refractivity contribution in [2.24, 2.45) is 0 Å². The molecule has 1 N–H and O–H groups in total. The second-order valence-corrected chi connectivity index (χ2v) is 5.37. The van der Waals surface area contributed by atoms with Crippen molar-refractivity contribution in [2.75, 3.05) is 13.1 Å². The van der Waals surface area contributed by atoms with Crippen LogP contribution in [0.2, 0.25) is 0 Å². The molecule has 1 atom stereocenters. The first-order valence-corrected chi connectivity index (χ1v) is 6.89. The molecule has 1 amide bonds. The van der Waals surface area contributed by atoms with Gasteiger partial charge in [0, 0.05) is 24.8 Å². The summed E-state index contributed by atoms with van der Waals surface area (Å²) in [6, 6.07) is 1.98. The summed E-state index contributed by atoms with van der Waals surface area (Å²) in [6.07, 6.45) is 6.96. The molecule has 1 aliphatic carbocycles. The first-order valence-electron chi connectivity index (χ1n) is 6.89. The number of nitrogens with zero attached hydrogens (tertiary/aromatic N) is 2. The van der Waals surface area contributed by atoms with E-state index in [4.69, 9.17) is 0 Å². The highest BCUT2D eigenvalue weighted by atomic mass is 19.1. The molecule has 2 fully saturated rings. The number of pyridine rings is 1. The molecule has 1 saturated carbocycles. The summed E-state index contributed by atoms with van der Waals surface area (Å²) in [5.41, 5.74) is 0.352. The van der Waals surface area contributed by atoms with Crippen LogP contribution in [0.15, 0.2) is 18.5 Å². The molecule has 4 nitrogen and oxygen atoms in total. The van der Waals surface area contributed by atoms with Crippen LogP contribution in [0.5, 0.6) is 0 Å². The zero-order chi connectivity index (χ0) is 13.2. The van der Waals surface area contributed by atoms with Crippen LogP contribution in [0.25, 0.3) is 0 Å². The van der Waals surface area contributed by atoms with Crippen molar-refractivity contribution in [3.8, 4) is 0 Å². The highest BCUT2D eigenvalue weighted by molar-refractivity contribution is 5.94. The third kappa shape index (κ3) is 2.92. The maximum Gasteiger partial charge on any atom is 0.255 e. The third-order valence-corrected chi connectivity index (χ3v) is 3.78. The van der Waals surface area contributed by atoms with E-state index in [1.807, 2.05) is 4.90 Å². The van der Waals surface area contributed by atoms with Crippen molar-refractivity contribution in [1.29, 1.82) is 0 Å². The van der Waals surface area contributed by atoms with Crippen LogP contribution < -0.4 is 5.32 Å². The largest absolute Gasteiger partial charge is 0.334 e. The number of carbonyl (C=O) groups excluding carboxylic acids is 1. The van der Waals surface area contributed by atoms with E-state index in [9.17, 15) is 9.18 Å². The van der Waals surface area contributed by atoms with Crippen molar-refractivity contribution in [1.82, 2.24) is 15.2 Å². The van der Waals surface area contributed by atoms with Gasteiger partial charge in [-0.05, 0) is 38.3 Å². The van der Waals surface area contributed by atoms with Gasteiger partial charge < -0.3 is 10.2 Å². The summed E-state index contributed by atoms with van der Waals surface area (Å²) in [5.74, 6) is -0.552. The minimum atomic E-state index is -0.458. The van der Waals surface area contributed by atoms with Crippen molar-refractivity contribution in [3.63, 3.8) is 0 Å². The van der Waals surface area contributed by atoms with Gasteiger partial charge in [0.1, 0.15) is 5.82 Å². The molecular formula is C14H18FN3O. The minimum absolute atomic E-state index is 0.0943. The second-order valence-electron chi connectivity index (χ2n) is 5.37. The summed E-state index contributed by atoms with van der Waals surface area (Å²) >= 11 is 0. The predicted octanol–water partition coefficient (Wildman–Crippen LogP) is 1.58. The van der Waals surface area contributed by atoms with E-state index in [2.05, 4.69) is 10.3 Å². The van der Waals surface area contributed by atoms with Gasteiger partial charge in [0.25, 0.3) is 5.91 Å². The van der Waals surface area contributed by atoms with E-state index in [1.165, 1.54) is 18.7 Å². The third-order valence-electron chi connectivity index (χ3n) is 3.78. The van der Waals surface area contributed by atoms with Gasteiger partial charge in [0.15, 0.2) is 0 Å². The Kier molecular flexibility index (Phi) is 3.46. The molecule has 102 valence electrons. The number of rotatable bonds is 4. The Balaban J connectivity index is 1.73. The summed E-state index contributed by atoms with van der Waals surface area (Å²) in [5, 5.41) is 3.40. The molecule has 0 radical (unpaired) electrons. The highest BCUT2D eigenvalue weighted by Crippen LogP contribution is 2.29.